The zero-order valence-corrected chi connectivity index (χ0v) is 22.9. The molecule has 6 heteroatoms. The number of rotatable bonds is 5. The zero-order valence-electron chi connectivity index (χ0n) is 22.0. The van der Waals surface area contributed by atoms with Crippen LogP contribution < -0.4 is 0 Å². The lowest BCUT2D eigenvalue weighted by Crippen LogP contribution is -2.65. The van der Waals surface area contributed by atoms with Gasteiger partial charge in [-0.15, -0.1) is 11.8 Å². The number of hydrogen-bond acceptors (Lipinski definition) is 6. The van der Waals surface area contributed by atoms with Gasteiger partial charge in [0.2, 0.25) is 0 Å². The smallest absolute Gasteiger partial charge is 0.338 e. The molecule has 4 saturated carbocycles. The number of carbonyl (C=O) groups is 2. The largest absolute Gasteiger partial charge is 0.465 e. The molecule has 4 aliphatic rings. The van der Waals surface area contributed by atoms with Gasteiger partial charge in [-0.2, -0.15) is 0 Å². The van der Waals surface area contributed by atoms with Crippen LogP contribution in [-0.4, -0.2) is 42.1 Å². The van der Waals surface area contributed by atoms with Gasteiger partial charge in [-0.1, -0.05) is 26.0 Å². The van der Waals surface area contributed by atoms with E-state index in [0.29, 0.717) is 23.8 Å². The van der Waals surface area contributed by atoms with Crippen LogP contribution in [-0.2, 0) is 14.3 Å². The van der Waals surface area contributed by atoms with Gasteiger partial charge in [-0.05, 0) is 98.6 Å². The number of thioether (sulfide) groups is 1. The third-order valence-electron chi connectivity index (χ3n) is 10.6. The van der Waals surface area contributed by atoms with E-state index in [1.54, 1.807) is 11.8 Å². The molecule has 0 heterocycles. The van der Waals surface area contributed by atoms with Crippen LogP contribution in [0.15, 0.2) is 41.3 Å². The Morgan fingerprint density at radius 1 is 1.14 bits per heavy atom. The van der Waals surface area contributed by atoms with Crippen molar-refractivity contribution in [2.75, 3.05) is 12.9 Å². The van der Waals surface area contributed by atoms with Crippen LogP contribution in [0.3, 0.4) is 0 Å². The van der Waals surface area contributed by atoms with Crippen molar-refractivity contribution >= 4 is 23.7 Å². The van der Waals surface area contributed by atoms with Crippen molar-refractivity contribution in [2.24, 2.45) is 34.0 Å². The van der Waals surface area contributed by atoms with E-state index in [4.69, 9.17) is 9.47 Å². The first kappa shape index (κ1) is 25.8. The molecule has 2 bridgehead atoms. The van der Waals surface area contributed by atoms with Crippen molar-refractivity contribution in [2.45, 2.75) is 82.8 Å². The summed E-state index contributed by atoms with van der Waals surface area (Å²) in [6.45, 7) is 10.5. The van der Waals surface area contributed by atoms with Crippen LogP contribution in [0, 0.1) is 34.0 Å². The SMILES string of the molecule is C=C1C[C@]23C[C@H]1CC[C@H]2[C@]1(C)CC[C@@H](OC(=O)c2ccc(SC)cc2)[C@](C)(COC(C)=O)[C@H]1C[C@@H]3O. The summed E-state index contributed by atoms with van der Waals surface area (Å²) in [5.74, 6) is 0.332. The quantitative estimate of drug-likeness (QED) is 0.294. The maximum atomic E-state index is 13.2. The molecule has 8 atom stereocenters. The molecule has 5 nitrogen and oxygen atoms in total. The van der Waals surface area contributed by atoms with Gasteiger partial charge in [0, 0.05) is 22.6 Å². The Morgan fingerprint density at radius 3 is 2.53 bits per heavy atom. The third-order valence-corrected chi connectivity index (χ3v) is 11.4. The predicted molar refractivity (Wildman–Crippen MR) is 141 cm³/mol. The minimum atomic E-state index is -0.581. The van der Waals surface area contributed by atoms with E-state index < -0.39 is 17.6 Å². The molecule has 36 heavy (non-hydrogen) atoms. The third kappa shape index (κ3) is 3.94. The summed E-state index contributed by atoms with van der Waals surface area (Å²) >= 11 is 1.63. The minimum absolute atomic E-state index is 0.0212. The lowest BCUT2D eigenvalue weighted by atomic mass is 9.40. The van der Waals surface area contributed by atoms with Gasteiger partial charge in [0.1, 0.15) is 12.7 Å². The van der Waals surface area contributed by atoms with E-state index >= 15 is 0 Å². The van der Waals surface area contributed by atoms with E-state index in [-0.39, 0.29) is 35.3 Å². The van der Waals surface area contributed by atoms with Gasteiger partial charge in [0.25, 0.3) is 0 Å². The van der Waals surface area contributed by atoms with Crippen LogP contribution in [0.25, 0.3) is 0 Å². The number of aliphatic hydroxyl groups is 1. The molecule has 0 aromatic heterocycles. The van der Waals surface area contributed by atoms with E-state index in [1.165, 1.54) is 12.5 Å². The van der Waals surface area contributed by atoms with Crippen molar-refractivity contribution in [1.29, 1.82) is 0 Å². The molecule has 1 spiro atoms. The van der Waals surface area contributed by atoms with Gasteiger partial charge >= 0.3 is 11.9 Å². The molecule has 0 amide bonds. The normalized spacial score (nSPS) is 41.2. The van der Waals surface area contributed by atoms with Crippen molar-refractivity contribution < 1.29 is 24.2 Å². The van der Waals surface area contributed by atoms with Crippen molar-refractivity contribution in [3.05, 3.63) is 42.0 Å². The average molecular weight is 513 g/mol. The fourth-order valence-corrected chi connectivity index (χ4v) is 9.26. The summed E-state index contributed by atoms with van der Waals surface area (Å²) in [5, 5.41) is 11.7. The average Bonchev–Trinajstić information content (AvgIpc) is 3.11. The molecule has 1 aromatic carbocycles. The van der Waals surface area contributed by atoms with Crippen molar-refractivity contribution in [3.63, 3.8) is 0 Å². The minimum Gasteiger partial charge on any atom is -0.465 e. The summed E-state index contributed by atoms with van der Waals surface area (Å²) in [7, 11) is 0. The lowest BCUT2D eigenvalue weighted by molar-refractivity contribution is -0.232. The lowest BCUT2D eigenvalue weighted by Gasteiger charge is -2.66. The molecule has 0 unspecified atom stereocenters. The van der Waals surface area contributed by atoms with E-state index in [0.717, 1.165) is 43.4 Å². The van der Waals surface area contributed by atoms with E-state index in [2.05, 4.69) is 20.4 Å². The molecule has 1 N–H and O–H groups in total. The topological polar surface area (TPSA) is 72.8 Å². The summed E-state index contributed by atoms with van der Waals surface area (Å²) in [6.07, 6.45) is 7.72. The molecule has 0 saturated heterocycles. The van der Waals surface area contributed by atoms with Crippen LogP contribution >= 0.6 is 11.8 Å². The second kappa shape index (κ2) is 9.20. The number of hydrogen-bond donors (Lipinski definition) is 1. The molecule has 0 aliphatic heterocycles. The van der Waals surface area contributed by atoms with Crippen LogP contribution in [0.4, 0.5) is 0 Å². The number of esters is 2. The summed E-state index contributed by atoms with van der Waals surface area (Å²) in [5.41, 5.74) is 1.16. The predicted octanol–water partition coefficient (Wildman–Crippen LogP) is 6.05. The Kier molecular flexibility index (Phi) is 6.60. The highest BCUT2D eigenvalue weighted by Gasteiger charge is 2.68. The summed E-state index contributed by atoms with van der Waals surface area (Å²) in [4.78, 5) is 26.2. The van der Waals surface area contributed by atoms with Gasteiger partial charge in [0.15, 0.2) is 0 Å². The number of carbonyl (C=O) groups excluding carboxylic acids is 2. The number of ether oxygens (including phenoxy) is 2. The van der Waals surface area contributed by atoms with E-state index in [9.17, 15) is 14.7 Å². The second-order valence-corrected chi connectivity index (χ2v) is 13.2. The Balaban J connectivity index is 1.46. The zero-order chi connectivity index (χ0) is 25.9. The highest BCUT2D eigenvalue weighted by Crippen LogP contribution is 2.72. The van der Waals surface area contributed by atoms with Crippen molar-refractivity contribution in [3.8, 4) is 0 Å². The Hall–Kier alpha value is -1.79. The molecule has 0 radical (unpaired) electrons. The molecule has 4 fully saturated rings. The molecule has 5 rings (SSSR count). The molecule has 1 aromatic rings. The maximum absolute atomic E-state index is 13.2. The van der Waals surface area contributed by atoms with E-state index in [1.807, 2.05) is 30.5 Å². The Morgan fingerprint density at radius 2 is 1.86 bits per heavy atom. The van der Waals surface area contributed by atoms with Crippen LogP contribution in [0.2, 0.25) is 0 Å². The Labute approximate surface area is 219 Å². The van der Waals surface area contributed by atoms with Crippen LogP contribution in [0.1, 0.15) is 76.1 Å². The fraction of sp³-hybridized carbons (Fsp3) is 0.667. The van der Waals surface area contributed by atoms with Crippen molar-refractivity contribution in [1.82, 2.24) is 0 Å². The first-order valence-electron chi connectivity index (χ1n) is 13.4. The van der Waals surface area contributed by atoms with Gasteiger partial charge < -0.3 is 14.6 Å². The first-order chi connectivity index (χ1) is 17.0. The number of aliphatic hydroxyl groups excluding tert-OH is 1. The molecular formula is C30H40O5S. The summed E-state index contributed by atoms with van der Waals surface area (Å²) in [6, 6.07) is 7.48. The molecule has 196 valence electrons. The van der Waals surface area contributed by atoms with Gasteiger partial charge in [-0.3, -0.25) is 4.79 Å². The number of fused-ring (bicyclic) bond motifs is 3. The summed E-state index contributed by atoms with van der Waals surface area (Å²) < 4.78 is 11.9. The van der Waals surface area contributed by atoms with Crippen LogP contribution in [0.5, 0.6) is 0 Å². The fourth-order valence-electron chi connectivity index (χ4n) is 8.85. The molecule has 4 aliphatic carbocycles. The van der Waals surface area contributed by atoms with Gasteiger partial charge in [0.05, 0.1) is 11.7 Å². The highest BCUT2D eigenvalue weighted by atomic mass is 32.2. The standard InChI is InChI=1S/C30H40O5S/c1-18-15-30-16-21(18)8-11-23(30)28(3)13-12-26(35-27(33)20-6-9-22(36-5)10-7-20)29(4,17-34-19(2)31)24(28)14-25(30)32/h6-7,9-10,21,23-26,32H,1,8,11-17H2,2-5H3/t21-,23+,24+,25+,26-,28+,29-,30+/m1/s1. The first-order valence-corrected chi connectivity index (χ1v) is 14.6. The number of benzene rings is 1. The molecular weight excluding hydrogens is 472 g/mol. The Bertz CT molecular complexity index is 1050. The van der Waals surface area contributed by atoms with Gasteiger partial charge in [-0.25, -0.2) is 4.79 Å². The number of allylic oxidation sites excluding steroid dienone is 1. The maximum Gasteiger partial charge on any atom is 0.338 e. The second-order valence-electron chi connectivity index (χ2n) is 12.4. The monoisotopic (exact) mass is 512 g/mol. The highest BCUT2D eigenvalue weighted by molar-refractivity contribution is 7.98.